The van der Waals surface area contributed by atoms with E-state index in [9.17, 15) is 9.59 Å². The van der Waals surface area contributed by atoms with Crippen LogP contribution in [-0.4, -0.2) is 52.9 Å². The number of quaternary nitrogens is 1. The second-order valence-electron chi connectivity index (χ2n) is 6.19. The van der Waals surface area contributed by atoms with Gasteiger partial charge in [-0.15, -0.1) is 0 Å². The number of Topliss-reactive ketones (excluding diaryl/α,β-unsaturated/α-hetero) is 1. The number of esters is 1. The first-order valence-corrected chi connectivity index (χ1v) is 9.55. The van der Waals surface area contributed by atoms with Crippen molar-refractivity contribution >= 4 is 34.3 Å². The van der Waals surface area contributed by atoms with Gasteiger partial charge < -0.3 is 33.2 Å². The summed E-state index contributed by atoms with van der Waals surface area (Å²) in [4.78, 5) is 24.8. The van der Waals surface area contributed by atoms with E-state index in [1.54, 1.807) is 13.8 Å². The van der Waals surface area contributed by atoms with Crippen molar-refractivity contribution in [2.75, 3.05) is 30.7 Å². The zero-order valence-corrected chi connectivity index (χ0v) is 18.5. The van der Waals surface area contributed by atoms with Crippen molar-refractivity contribution in [3.8, 4) is 0 Å². The van der Waals surface area contributed by atoms with Gasteiger partial charge in [0.05, 0.1) is 30.2 Å². The molecule has 1 aliphatic rings. The third-order valence-corrected chi connectivity index (χ3v) is 5.82. The molecule has 1 saturated heterocycles. The number of alkyl halides is 1. The van der Waals surface area contributed by atoms with Gasteiger partial charge in [0.15, 0.2) is 11.2 Å². The Hall–Kier alpha value is 0.560. The van der Waals surface area contributed by atoms with Crippen LogP contribution in [0.15, 0.2) is 0 Å². The molecule has 0 spiro atoms. The molecule has 1 aliphatic heterocycles. The molecule has 0 bridgehead atoms. The van der Waals surface area contributed by atoms with E-state index in [1.807, 2.05) is 0 Å². The number of hydrogen-bond donors (Lipinski definition) is 0. The van der Waals surface area contributed by atoms with E-state index in [-0.39, 0.29) is 35.7 Å². The monoisotopic (exact) mass is 537 g/mol. The SMILES string of the molecule is CCC[N+]1(CCC)CC(C(C)=O)(C(=O)OCC)CC1CI.[I-]. The summed E-state index contributed by atoms with van der Waals surface area (Å²) in [6.45, 7) is 10.7. The second kappa shape index (κ2) is 9.76. The van der Waals surface area contributed by atoms with Gasteiger partial charge in [-0.1, -0.05) is 36.4 Å². The highest BCUT2D eigenvalue weighted by Gasteiger charge is 2.61. The van der Waals surface area contributed by atoms with Crippen molar-refractivity contribution in [2.45, 2.75) is 53.0 Å². The Morgan fingerprint density at radius 1 is 1.23 bits per heavy atom. The summed E-state index contributed by atoms with van der Waals surface area (Å²) in [7, 11) is 0. The quantitative estimate of drug-likeness (QED) is 0.144. The molecule has 0 aromatic heterocycles. The zero-order chi connectivity index (χ0) is 16.1. The third kappa shape index (κ3) is 4.34. The number of ketones is 1. The molecule has 22 heavy (non-hydrogen) atoms. The predicted octanol–water partition coefficient (Wildman–Crippen LogP) is -0.0270. The number of carbonyl (C=O) groups is 2. The molecule has 0 radical (unpaired) electrons. The lowest BCUT2D eigenvalue weighted by Gasteiger charge is -2.40. The number of halogens is 2. The molecule has 4 nitrogen and oxygen atoms in total. The Morgan fingerprint density at radius 2 is 1.77 bits per heavy atom. The fourth-order valence-electron chi connectivity index (χ4n) is 3.87. The van der Waals surface area contributed by atoms with Crippen LogP contribution < -0.4 is 24.0 Å². The number of ether oxygens (including phenoxy) is 1. The standard InChI is InChI=1S/C16H29INO3.HI/c1-5-8-18(9-6-2)12-16(13(4)19,10-14(18)11-17)15(20)21-7-3;/h14H,5-12H2,1-4H3;1H/q+1;/p-1. The third-order valence-electron chi connectivity index (χ3n) is 4.80. The lowest BCUT2D eigenvalue weighted by atomic mass is 9.82. The highest BCUT2D eigenvalue weighted by molar-refractivity contribution is 14.1. The van der Waals surface area contributed by atoms with Gasteiger partial charge in [-0.3, -0.25) is 9.59 Å². The van der Waals surface area contributed by atoms with E-state index in [0.717, 1.165) is 34.8 Å². The minimum absolute atomic E-state index is 0. The number of likely N-dealkylation sites (tertiary alicyclic amines) is 1. The van der Waals surface area contributed by atoms with E-state index >= 15 is 0 Å². The van der Waals surface area contributed by atoms with Crippen LogP contribution in [-0.2, 0) is 14.3 Å². The molecule has 0 aromatic rings. The van der Waals surface area contributed by atoms with Crippen LogP contribution in [0.2, 0.25) is 0 Å². The van der Waals surface area contributed by atoms with E-state index in [0.29, 0.717) is 25.6 Å². The topological polar surface area (TPSA) is 43.4 Å². The van der Waals surface area contributed by atoms with Gasteiger partial charge in [0.2, 0.25) is 0 Å². The van der Waals surface area contributed by atoms with E-state index < -0.39 is 5.41 Å². The van der Waals surface area contributed by atoms with Gasteiger partial charge in [0.25, 0.3) is 0 Å². The Morgan fingerprint density at radius 3 is 2.14 bits per heavy atom. The van der Waals surface area contributed by atoms with E-state index in [4.69, 9.17) is 4.74 Å². The van der Waals surface area contributed by atoms with Gasteiger partial charge >= 0.3 is 5.97 Å². The Balaban J connectivity index is 0.00000441. The van der Waals surface area contributed by atoms with Crippen molar-refractivity contribution in [1.29, 1.82) is 0 Å². The van der Waals surface area contributed by atoms with Crippen LogP contribution in [0.3, 0.4) is 0 Å². The zero-order valence-electron chi connectivity index (χ0n) is 14.2. The summed E-state index contributed by atoms with van der Waals surface area (Å²) in [6.07, 6.45) is 2.79. The number of carbonyl (C=O) groups excluding carboxylic acids is 2. The summed E-state index contributed by atoms with van der Waals surface area (Å²) >= 11 is 2.40. The van der Waals surface area contributed by atoms with Crippen molar-refractivity contribution in [2.24, 2.45) is 5.41 Å². The Kier molecular flexibility index (Phi) is 10.0. The molecule has 6 heteroatoms. The summed E-state index contributed by atoms with van der Waals surface area (Å²) < 4.78 is 7.14. The molecule has 0 amide bonds. The maximum absolute atomic E-state index is 12.5. The molecular weight excluding hydrogens is 508 g/mol. The maximum atomic E-state index is 12.5. The molecule has 1 heterocycles. The molecule has 2 atom stereocenters. The first-order valence-electron chi connectivity index (χ1n) is 8.02. The fraction of sp³-hybridized carbons (Fsp3) is 0.875. The highest BCUT2D eigenvalue weighted by Crippen LogP contribution is 2.43. The number of nitrogens with zero attached hydrogens (tertiary/aromatic N) is 1. The van der Waals surface area contributed by atoms with Crippen LogP contribution in [0, 0.1) is 5.41 Å². The van der Waals surface area contributed by atoms with Gasteiger partial charge in [-0.2, -0.15) is 0 Å². The highest BCUT2D eigenvalue weighted by atomic mass is 127. The molecule has 0 aromatic carbocycles. The molecule has 2 unspecified atom stereocenters. The van der Waals surface area contributed by atoms with Crippen LogP contribution in [0.25, 0.3) is 0 Å². The van der Waals surface area contributed by atoms with Crippen LogP contribution in [0.5, 0.6) is 0 Å². The van der Waals surface area contributed by atoms with Gasteiger partial charge in [0, 0.05) is 6.42 Å². The van der Waals surface area contributed by atoms with Crippen LogP contribution >= 0.6 is 22.6 Å². The molecule has 0 N–H and O–H groups in total. The Bertz CT molecular complexity index is 384. The lowest BCUT2D eigenvalue weighted by molar-refractivity contribution is -0.938. The molecular formula is C16H29I2NO3. The number of hydrogen-bond acceptors (Lipinski definition) is 3. The van der Waals surface area contributed by atoms with Crippen LogP contribution in [0.1, 0.15) is 47.0 Å². The summed E-state index contributed by atoms with van der Waals surface area (Å²) in [5.74, 6) is -0.331. The molecule has 0 saturated carbocycles. The molecule has 130 valence electrons. The fourth-order valence-corrected chi connectivity index (χ4v) is 5.02. The normalized spacial score (nSPS) is 26.3. The molecule has 0 aliphatic carbocycles. The summed E-state index contributed by atoms with van der Waals surface area (Å²) in [5, 5.41) is 0. The second-order valence-corrected chi connectivity index (χ2v) is 7.08. The first-order chi connectivity index (χ1) is 9.92. The van der Waals surface area contributed by atoms with Crippen molar-refractivity contribution in [3.05, 3.63) is 0 Å². The van der Waals surface area contributed by atoms with Gasteiger partial charge in [-0.05, 0) is 26.7 Å². The maximum Gasteiger partial charge on any atom is 0.325 e. The van der Waals surface area contributed by atoms with Gasteiger partial charge in [-0.25, -0.2) is 0 Å². The first kappa shape index (κ1) is 22.6. The van der Waals surface area contributed by atoms with Gasteiger partial charge in [0.1, 0.15) is 6.54 Å². The largest absolute Gasteiger partial charge is 1.00 e. The molecule has 1 fully saturated rings. The summed E-state index contributed by atoms with van der Waals surface area (Å²) in [5.41, 5.74) is -0.920. The minimum Gasteiger partial charge on any atom is -1.00 e. The van der Waals surface area contributed by atoms with E-state index in [2.05, 4.69) is 36.4 Å². The molecule has 1 rings (SSSR count). The summed E-state index contributed by atoms with van der Waals surface area (Å²) in [6, 6.07) is 0.374. The smallest absolute Gasteiger partial charge is 0.325 e. The van der Waals surface area contributed by atoms with Crippen LogP contribution in [0.4, 0.5) is 0 Å². The van der Waals surface area contributed by atoms with Crippen molar-refractivity contribution in [3.63, 3.8) is 0 Å². The lowest BCUT2D eigenvalue weighted by Crippen LogP contribution is -3.00. The average molecular weight is 537 g/mol. The van der Waals surface area contributed by atoms with Crippen molar-refractivity contribution in [1.82, 2.24) is 0 Å². The number of rotatable bonds is 8. The minimum atomic E-state index is -0.920. The Labute approximate surface area is 165 Å². The average Bonchev–Trinajstić information content (AvgIpc) is 2.76. The predicted molar refractivity (Wildman–Crippen MR) is 92.5 cm³/mol. The van der Waals surface area contributed by atoms with Crippen molar-refractivity contribution < 1.29 is 42.8 Å². The van der Waals surface area contributed by atoms with E-state index in [1.165, 1.54) is 0 Å².